The fourth-order valence-electron chi connectivity index (χ4n) is 2.47. The zero-order valence-corrected chi connectivity index (χ0v) is 12.7. The first-order valence-electron chi connectivity index (χ1n) is 7.35. The van der Waals surface area contributed by atoms with Crippen LogP contribution in [-0.4, -0.2) is 35.1 Å². The summed E-state index contributed by atoms with van der Waals surface area (Å²) >= 11 is 0. The highest BCUT2D eigenvalue weighted by atomic mass is 16.5. The molecule has 1 aromatic rings. The first-order chi connectivity index (χ1) is 10.0. The smallest absolute Gasteiger partial charge is 0.268 e. The van der Waals surface area contributed by atoms with Gasteiger partial charge in [-0.05, 0) is 26.7 Å². The van der Waals surface area contributed by atoms with Gasteiger partial charge < -0.3 is 9.64 Å². The van der Waals surface area contributed by atoms with E-state index in [2.05, 4.69) is 16.1 Å². The van der Waals surface area contributed by atoms with Gasteiger partial charge in [-0.1, -0.05) is 0 Å². The van der Waals surface area contributed by atoms with Crippen LogP contribution in [-0.2, 0) is 11.3 Å². The molecule has 0 atom stereocenters. The highest BCUT2D eigenvalue weighted by Gasteiger charge is 2.27. The Hall–Kier alpha value is -1.87. The minimum Gasteiger partial charge on any atom is -0.372 e. The van der Waals surface area contributed by atoms with Gasteiger partial charge in [0.05, 0.1) is 30.2 Å². The monoisotopic (exact) mass is 290 g/mol. The Morgan fingerprint density at radius 1 is 1.48 bits per heavy atom. The van der Waals surface area contributed by atoms with Crippen molar-refractivity contribution in [3.63, 3.8) is 0 Å². The summed E-state index contributed by atoms with van der Waals surface area (Å²) in [5.41, 5.74) is 0.558. The highest BCUT2D eigenvalue weighted by molar-refractivity contribution is 5.43. The van der Waals surface area contributed by atoms with Crippen LogP contribution in [0, 0.1) is 11.3 Å². The summed E-state index contributed by atoms with van der Waals surface area (Å²) in [6.07, 6.45) is 3.86. The zero-order valence-electron chi connectivity index (χ0n) is 12.7. The molecule has 1 fully saturated rings. The zero-order chi connectivity index (χ0) is 15.3. The molecule has 0 amide bonds. The summed E-state index contributed by atoms with van der Waals surface area (Å²) in [5, 5.41) is 12.7. The number of ether oxygens (including phenoxy) is 1. The number of unbranched alkanes of at least 4 members (excludes halogenated alkanes) is 2. The number of anilines is 1. The third kappa shape index (κ3) is 4.30. The number of rotatable bonds is 5. The Morgan fingerprint density at radius 3 is 2.95 bits per heavy atom. The third-order valence-electron chi connectivity index (χ3n) is 3.55. The molecule has 0 spiro atoms. The molecule has 6 heteroatoms. The molecule has 0 bridgehead atoms. The summed E-state index contributed by atoms with van der Waals surface area (Å²) in [7, 11) is 0. The lowest BCUT2D eigenvalue weighted by Gasteiger charge is -2.39. The number of nitriles is 1. The van der Waals surface area contributed by atoms with E-state index in [1.165, 1.54) is 4.68 Å². The van der Waals surface area contributed by atoms with Crippen molar-refractivity contribution in [3.8, 4) is 6.07 Å². The number of hydrogen-bond acceptors (Lipinski definition) is 5. The number of morpholine rings is 1. The maximum Gasteiger partial charge on any atom is 0.268 e. The van der Waals surface area contributed by atoms with Crippen molar-refractivity contribution in [3.05, 3.63) is 22.6 Å². The van der Waals surface area contributed by atoms with Gasteiger partial charge in [0.1, 0.15) is 0 Å². The van der Waals surface area contributed by atoms with Gasteiger partial charge in [0.25, 0.3) is 5.56 Å². The highest BCUT2D eigenvalue weighted by Crippen LogP contribution is 2.21. The van der Waals surface area contributed by atoms with E-state index in [9.17, 15) is 4.79 Å². The van der Waals surface area contributed by atoms with Crippen molar-refractivity contribution in [2.75, 3.05) is 24.6 Å². The second-order valence-electron chi connectivity index (χ2n) is 5.92. The third-order valence-corrected chi connectivity index (χ3v) is 3.55. The molecule has 0 saturated carbocycles. The molecule has 21 heavy (non-hydrogen) atoms. The van der Waals surface area contributed by atoms with Gasteiger partial charge in [0.2, 0.25) is 0 Å². The van der Waals surface area contributed by atoms with Gasteiger partial charge >= 0.3 is 0 Å². The average molecular weight is 290 g/mol. The minimum atomic E-state index is -0.204. The summed E-state index contributed by atoms with van der Waals surface area (Å²) in [6.45, 7) is 6.84. The van der Waals surface area contributed by atoms with Crippen LogP contribution >= 0.6 is 0 Å². The number of hydrogen-bond donors (Lipinski definition) is 0. The van der Waals surface area contributed by atoms with Crippen LogP contribution in [0.5, 0.6) is 0 Å². The second kappa shape index (κ2) is 6.72. The van der Waals surface area contributed by atoms with E-state index < -0.39 is 0 Å². The van der Waals surface area contributed by atoms with Crippen LogP contribution in [0.1, 0.15) is 33.1 Å². The average Bonchev–Trinajstić information content (AvgIpc) is 2.44. The molecule has 6 nitrogen and oxygen atoms in total. The molecular weight excluding hydrogens is 268 g/mol. The van der Waals surface area contributed by atoms with E-state index in [0.29, 0.717) is 19.6 Å². The van der Waals surface area contributed by atoms with Crippen LogP contribution in [0.4, 0.5) is 5.69 Å². The number of nitrogens with zero attached hydrogens (tertiary/aromatic N) is 4. The molecule has 0 aromatic carbocycles. The number of aromatic nitrogens is 2. The Balaban J connectivity index is 2.02. The van der Waals surface area contributed by atoms with Crippen LogP contribution < -0.4 is 10.5 Å². The largest absolute Gasteiger partial charge is 0.372 e. The minimum absolute atomic E-state index is 0.0891. The van der Waals surface area contributed by atoms with Crippen LogP contribution in [0.15, 0.2) is 17.1 Å². The molecule has 114 valence electrons. The molecular formula is C15H22N4O2. The van der Waals surface area contributed by atoms with Gasteiger partial charge in [0.15, 0.2) is 0 Å². The normalized spacial score (nSPS) is 17.5. The van der Waals surface area contributed by atoms with Crippen LogP contribution in [0.25, 0.3) is 0 Å². The second-order valence-corrected chi connectivity index (χ2v) is 5.92. The molecule has 1 aliphatic heterocycles. The quantitative estimate of drug-likeness (QED) is 0.769. The molecule has 0 unspecified atom stereocenters. The van der Waals surface area contributed by atoms with E-state index in [1.807, 2.05) is 13.8 Å². The van der Waals surface area contributed by atoms with E-state index in [-0.39, 0.29) is 11.2 Å². The lowest BCUT2D eigenvalue weighted by molar-refractivity contribution is -0.0277. The maximum absolute atomic E-state index is 12.1. The molecule has 1 aromatic heterocycles. The van der Waals surface area contributed by atoms with Crippen molar-refractivity contribution in [1.29, 1.82) is 5.26 Å². The van der Waals surface area contributed by atoms with E-state index in [1.54, 1.807) is 12.3 Å². The van der Waals surface area contributed by atoms with Gasteiger partial charge in [-0.25, -0.2) is 4.68 Å². The SMILES string of the molecule is CC1(C)CN(c2cnn(CCCCC#N)c(=O)c2)CCO1. The van der Waals surface area contributed by atoms with Crippen molar-refractivity contribution in [2.45, 2.75) is 45.3 Å². The lowest BCUT2D eigenvalue weighted by Crippen LogP contribution is -2.48. The topological polar surface area (TPSA) is 71.2 Å². The van der Waals surface area contributed by atoms with E-state index >= 15 is 0 Å². The maximum atomic E-state index is 12.1. The van der Waals surface area contributed by atoms with Gasteiger partial charge in [-0.15, -0.1) is 0 Å². The lowest BCUT2D eigenvalue weighted by atomic mass is 10.1. The fraction of sp³-hybridized carbons (Fsp3) is 0.667. The summed E-state index contributed by atoms with van der Waals surface area (Å²) in [6, 6.07) is 3.74. The van der Waals surface area contributed by atoms with Gasteiger partial charge in [-0.3, -0.25) is 4.79 Å². The predicted molar refractivity (Wildman–Crippen MR) is 80.2 cm³/mol. The van der Waals surface area contributed by atoms with E-state index in [4.69, 9.17) is 10.00 Å². The van der Waals surface area contributed by atoms with Crippen molar-refractivity contribution >= 4 is 5.69 Å². The van der Waals surface area contributed by atoms with Crippen molar-refractivity contribution in [2.24, 2.45) is 0 Å². The Morgan fingerprint density at radius 2 is 2.29 bits per heavy atom. The standard InChI is InChI=1S/C15H22N4O2/c1-15(2)12-18(8-9-21-15)13-10-14(20)19(17-11-13)7-5-3-4-6-16/h10-11H,3-5,7-9,12H2,1-2H3. The Bertz CT molecular complexity index is 574. The van der Waals surface area contributed by atoms with E-state index in [0.717, 1.165) is 31.6 Å². The molecule has 2 rings (SSSR count). The molecule has 1 saturated heterocycles. The predicted octanol–water partition coefficient (Wildman–Crippen LogP) is 1.55. The Labute approximate surface area is 124 Å². The van der Waals surface area contributed by atoms with Crippen LogP contribution in [0.2, 0.25) is 0 Å². The fourth-order valence-corrected chi connectivity index (χ4v) is 2.47. The molecule has 0 radical (unpaired) electrons. The Kier molecular flexibility index (Phi) is 4.97. The van der Waals surface area contributed by atoms with Crippen molar-refractivity contribution < 1.29 is 4.74 Å². The first-order valence-corrected chi connectivity index (χ1v) is 7.35. The summed E-state index contributed by atoms with van der Waals surface area (Å²) in [4.78, 5) is 14.2. The summed E-state index contributed by atoms with van der Waals surface area (Å²) in [5.74, 6) is 0. The summed E-state index contributed by atoms with van der Waals surface area (Å²) < 4.78 is 7.14. The molecule has 1 aliphatic rings. The van der Waals surface area contributed by atoms with Gasteiger partial charge in [0, 0.05) is 32.1 Å². The molecule has 0 N–H and O–H groups in total. The van der Waals surface area contributed by atoms with Gasteiger partial charge in [-0.2, -0.15) is 10.4 Å². The molecule has 0 aliphatic carbocycles. The number of aryl methyl sites for hydroxylation is 1. The van der Waals surface area contributed by atoms with Crippen molar-refractivity contribution in [1.82, 2.24) is 9.78 Å². The first kappa shape index (κ1) is 15.5. The molecule has 2 heterocycles. The van der Waals surface area contributed by atoms with Crippen LogP contribution in [0.3, 0.4) is 0 Å².